The fourth-order valence-electron chi connectivity index (χ4n) is 3.50. The van der Waals surface area contributed by atoms with Gasteiger partial charge >= 0.3 is 0 Å². The number of pyridine rings is 1. The first kappa shape index (κ1) is 22.0. The normalized spacial score (nSPS) is 10.9. The van der Waals surface area contributed by atoms with Crippen LogP contribution in [0.25, 0.3) is 22.4 Å². The Hall–Kier alpha value is -2.68. The van der Waals surface area contributed by atoms with Gasteiger partial charge in [-0.15, -0.1) is 0 Å². The third kappa shape index (κ3) is 6.16. The third-order valence-electron chi connectivity index (χ3n) is 5.34. The monoisotopic (exact) mass is 405 g/mol. The van der Waals surface area contributed by atoms with E-state index < -0.39 is 0 Å². The molecule has 3 aromatic rings. The van der Waals surface area contributed by atoms with E-state index in [4.69, 9.17) is 4.74 Å². The molecule has 0 fully saturated rings. The molecule has 3 rings (SSSR count). The number of ether oxygens (including phenoxy) is 1. The van der Waals surface area contributed by atoms with E-state index in [1.165, 1.54) is 30.9 Å². The summed E-state index contributed by atoms with van der Waals surface area (Å²) in [4.78, 5) is 4.61. The van der Waals surface area contributed by atoms with Crippen molar-refractivity contribution in [2.75, 3.05) is 6.61 Å². The van der Waals surface area contributed by atoms with Gasteiger partial charge in [-0.25, -0.2) is 4.39 Å². The number of halogens is 1. The average Bonchev–Trinajstić information content (AvgIpc) is 2.78. The Kier molecular flexibility index (Phi) is 8.43. The first-order valence-electron chi connectivity index (χ1n) is 11.2. The van der Waals surface area contributed by atoms with E-state index in [1.807, 2.05) is 36.5 Å². The second kappa shape index (κ2) is 11.5. The van der Waals surface area contributed by atoms with Crippen molar-refractivity contribution in [2.45, 2.75) is 58.8 Å². The minimum Gasteiger partial charge on any atom is -0.493 e. The molecule has 0 bridgehead atoms. The number of aromatic nitrogens is 1. The molecular weight excluding hydrogens is 373 g/mol. The number of hydrogen-bond acceptors (Lipinski definition) is 2. The standard InChI is InChI=1S/C27H32FNO/c1-3-5-7-9-21-10-17-27(29-20-21)23-13-11-22(12-14-23)25-16-15-24(19-26(25)28)30-18-8-6-4-2/h10-17,19-20H,3-9,18H2,1-2H3. The van der Waals surface area contributed by atoms with Crippen LogP contribution >= 0.6 is 0 Å². The van der Waals surface area contributed by atoms with Crippen LogP contribution in [0.1, 0.15) is 57.9 Å². The second-order valence-electron chi connectivity index (χ2n) is 7.78. The van der Waals surface area contributed by atoms with Crippen LogP contribution in [0.5, 0.6) is 5.75 Å². The molecular formula is C27H32FNO. The fraction of sp³-hybridized carbons (Fsp3) is 0.370. The lowest BCUT2D eigenvalue weighted by Gasteiger charge is -2.09. The summed E-state index contributed by atoms with van der Waals surface area (Å²) >= 11 is 0. The second-order valence-corrected chi connectivity index (χ2v) is 7.78. The van der Waals surface area contributed by atoms with Gasteiger partial charge in [-0.05, 0) is 48.6 Å². The Morgan fingerprint density at radius 3 is 2.20 bits per heavy atom. The number of aryl methyl sites for hydroxylation is 1. The van der Waals surface area contributed by atoms with Crippen molar-refractivity contribution in [3.8, 4) is 28.1 Å². The van der Waals surface area contributed by atoms with E-state index in [9.17, 15) is 4.39 Å². The van der Waals surface area contributed by atoms with Crippen LogP contribution in [-0.4, -0.2) is 11.6 Å². The van der Waals surface area contributed by atoms with Crippen molar-refractivity contribution in [3.63, 3.8) is 0 Å². The van der Waals surface area contributed by atoms with E-state index in [0.29, 0.717) is 17.9 Å². The van der Waals surface area contributed by atoms with Crippen molar-refractivity contribution >= 4 is 0 Å². The van der Waals surface area contributed by atoms with E-state index in [0.717, 1.165) is 42.5 Å². The molecule has 0 aliphatic carbocycles. The summed E-state index contributed by atoms with van der Waals surface area (Å²) in [5, 5.41) is 0. The van der Waals surface area contributed by atoms with Gasteiger partial charge in [-0.2, -0.15) is 0 Å². The van der Waals surface area contributed by atoms with Gasteiger partial charge in [-0.3, -0.25) is 4.98 Å². The first-order valence-corrected chi connectivity index (χ1v) is 11.2. The van der Waals surface area contributed by atoms with Crippen molar-refractivity contribution in [2.24, 2.45) is 0 Å². The molecule has 0 saturated heterocycles. The Morgan fingerprint density at radius 2 is 1.53 bits per heavy atom. The van der Waals surface area contributed by atoms with Crippen molar-refractivity contribution in [1.29, 1.82) is 0 Å². The van der Waals surface area contributed by atoms with Crippen LogP contribution < -0.4 is 4.74 Å². The molecule has 30 heavy (non-hydrogen) atoms. The first-order chi connectivity index (χ1) is 14.7. The molecule has 0 N–H and O–H groups in total. The van der Waals surface area contributed by atoms with Gasteiger partial charge in [0.2, 0.25) is 0 Å². The summed E-state index contributed by atoms with van der Waals surface area (Å²) in [6.07, 6.45) is 10.0. The lowest BCUT2D eigenvalue weighted by atomic mass is 10.0. The van der Waals surface area contributed by atoms with Crippen molar-refractivity contribution in [3.05, 3.63) is 72.2 Å². The number of nitrogens with zero attached hydrogens (tertiary/aromatic N) is 1. The summed E-state index contributed by atoms with van der Waals surface area (Å²) in [7, 11) is 0. The zero-order chi connectivity index (χ0) is 21.2. The van der Waals surface area contributed by atoms with E-state index in [2.05, 4.69) is 31.0 Å². The summed E-state index contributed by atoms with van der Waals surface area (Å²) in [5.41, 5.74) is 4.70. The zero-order valence-electron chi connectivity index (χ0n) is 18.2. The summed E-state index contributed by atoms with van der Waals surface area (Å²) in [6, 6.07) is 17.3. The van der Waals surface area contributed by atoms with Crippen molar-refractivity contribution in [1.82, 2.24) is 4.98 Å². The van der Waals surface area contributed by atoms with Crippen LogP contribution in [0.15, 0.2) is 60.8 Å². The Bertz CT molecular complexity index is 903. The maximum atomic E-state index is 14.6. The lowest BCUT2D eigenvalue weighted by Crippen LogP contribution is -1.97. The predicted octanol–water partition coefficient (Wildman–Crippen LogP) is 7.86. The molecule has 1 heterocycles. The molecule has 0 amide bonds. The molecule has 1 aromatic heterocycles. The summed E-state index contributed by atoms with van der Waals surface area (Å²) in [5.74, 6) is 0.331. The molecule has 2 nitrogen and oxygen atoms in total. The van der Waals surface area contributed by atoms with E-state index in [1.54, 1.807) is 6.07 Å². The molecule has 0 radical (unpaired) electrons. The smallest absolute Gasteiger partial charge is 0.134 e. The van der Waals surface area contributed by atoms with Gasteiger partial charge in [-0.1, -0.05) is 69.9 Å². The van der Waals surface area contributed by atoms with Gasteiger partial charge in [0.05, 0.1) is 12.3 Å². The summed E-state index contributed by atoms with van der Waals surface area (Å²) in [6.45, 7) is 5.00. The SMILES string of the molecule is CCCCCOc1ccc(-c2ccc(-c3ccc(CCCCC)cn3)cc2)c(F)c1. The molecule has 0 atom stereocenters. The Morgan fingerprint density at radius 1 is 0.800 bits per heavy atom. The molecule has 0 spiro atoms. The highest BCUT2D eigenvalue weighted by molar-refractivity contribution is 5.69. The van der Waals surface area contributed by atoms with Crippen LogP contribution in [0.4, 0.5) is 4.39 Å². The topological polar surface area (TPSA) is 22.1 Å². The molecule has 0 aliphatic rings. The van der Waals surface area contributed by atoms with Gasteiger partial charge in [0, 0.05) is 23.4 Å². The Balaban J connectivity index is 1.65. The van der Waals surface area contributed by atoms with Crippen molar-refractivity contribution < 1.29 is 9.13 Å². The highest BCUT2D eigenvalue weighted by atomic mass is 19.1. The molecule has 0 saturated carbocycles. The number of benzene rings is 2. The number of hydrogen-bond donors (Lipinski definition) is 0. The molecule has 2 aromatic carbocycles. The van der Waals surface area contributed by atoms with Crippen LogP contribution in [0.3, 0.4) is 0 Å². The van der Waals surface area contributed by atoms with Gasteiger partial charge in [0.15, 0.2) is 0 Å². The quantitative estimate of drug-likeness (QED) is 0.303. The predicted molar refractivity (Wildman–Crippen MR) is 123 cm³/mol. The fourth-order valence-corrected chi connectivity index (χ4v) is 3.50. The van der Waals surface area contributed by atoms with Gasteiger partial charge < -0.3 is 4.74 Å². The van der Waals surface area contributed by atoms with E-state index in [-0.39, 0.29) is 5.82 Å². The number of rotatable bonds is 11. The Labute approximate surface area is 180 Å². The maximum absolute atomic E-state index is 14.6. The average molecular weight is 406 g/mol. The molecule has 3 heteroatoms. The highest BCUT2D eigenvalue weighted by Crippen LogP contribution is 2.28. The highest BCUT2D eigenvalue weighted by Gasteiger charge is 2.08. The largest absolute Gasteiger partial charge is 0.493 e. The van der Waals surface area contributed by atoms with E-state index >= 15 is 0 Å². The molecule has 0 unspecified atom stereocenters. The summed E-state index contributed by atoms with van der Waals surface area (Å²) < 4.78 is 20.3. The van der Waals surface area contributed by atoms with Gasteiger partial charge in [0.25, 0.3) is 0 Å². The van der Waals surface area contributed by atoms with Crippen LogP contribution in [0.2, 0.25) is 0 Å². The number of unbranched alkanes of at least 4 members (excludes halogenated alkanes) is 4. The third-order valence-corrected chi connectivity index (χ3v) is 5.34. The molecule has 158 valence electrons. The minimum absolute atomic E-state index is 0.259. The minimum atomic E-state index is -0.259. The zero-order valence-corrected chi connectivity index (χ0v) is 18.2. The van der Waals surface area contributed by atoms with Crippen LogP contribution in [-0.2, 0) is 6.42 Å². The van der Waals surface area contributed by atoms with Gasteiger partial charge in [0.1, 0.15) is 11.6 Å². The van der Waals surface area contributed by atoms with Crippen LogP contribution in [0, 0.1) is 5.82 Å². The molecule has 0 aliphatic heterocycles. The maximum Gasteiger partial charge on any atom is 0.134 e. The lowest BCUT2D eigenvalue weighted by molar-refractivity contribution is 0.305.